The van der Waals surface area contributed by atoms with Gasteiger partial charge in [0.1, 0.15) is 21.0 Å². The van der Waals surface area contributed by atoms with Crippen molar-refractivity contribution < 1.29 is 68.1 Å². The predicted octanol–water partition coefficient (Wildman–Crippen LogP) is 1.71. The lowest BCUT2D eigenvalue weighted by molar-refractivity contribution is -0.173. The standard InChI is InChI=1S/C34H34O14S/c1-15-33(43)29(41)25-19(7-5-9-21(25)35)27(39)31(33,13-17(47-15)11-23(37)45-3)49-32-14-18(12-24(38)46-4)48-16(2)34(32,44)30(42)26-20(28(32)40)8-6-10-22(26)36/h5-10,15-18,35-36,43-44H,11-14H2,1-4H3/t15-,16-,17-,18-,31+,32+,33+,34+/m1/s1. The Labute approximate surface area is 283 Å². The molecule has 15 heteroatoms. The van der Waals surface area contributed by atoms with Crippen molar-refractivity contribution >= 4 is 46.8 Å². The number of aliphatic hydroxyl groups is 2. The number of hydrogen-bond donors (Lipinski definition) is 4. The lowest BCUT2D eigenvalue weighted by Crippen LogP contribution is -2.79. The zero-order valence-corrected chi connectivity index (χ0v) is 27.7. The highest BCUT2D eigenvalue weighted by molar-refractivity contribution is 8.03. The van der Waals surface area contributed by atoms with Gasteiger partial charge in [-0.05, 0) is 38.8 Å². The molecule has 8 atom stereocenters. The first-order valence-electron chi connectivity index (χ1n) is 15.5. The van der Waals surface area contributed by atoms with E-state index in [0.29, 0.717) is 11.8 Å². The number of aromatic hydroxyl groups is 2. The van der Waals surface area contributed by atoms with E-state index in [1.54, 1.807) is 0 Å². The lowest BCUT2D eigenvalue weighted by Gasteiger charge is -2.61. The Balaban J connectivity index is 1.66. The molecule has 4 aliphatic rings. The number of esters is 2. The first kappa shape index (κ1) is 34.7. The van der Waals surface area contributed by atoms with E-state index in [1.807, 2.05) is 0 Å². The summed E-state index contributed by atoms with van der Waals surface area (Å²) in [5, 5.41) is 46.8. The zero-order chi connectivity index (χ0) is 35.8. The molecular formula is C34H34O14S. The molecule has 0 unspecified atom stereocenters. The number of phenolic OH excluding ortho intramolecular Hbond substituents is 2. The van der Waals surface area contributed by atoms with E-state index in [-0.39, 0.29) is 11.1 Å². The van der Waals surface area contributed by atoms with Gasteiger partial charge in [0.25, 0.3) is 0 Å². The monoisotopic (exact) mass is 698 g/mol. The largest absolute Gasteiger partial charge is 0.507 e. The minimum Gasteiger partial charge on any atom is -0.507 e. The van der Waals surface area contributed by atoms with Crippen LogP contribution < -0.4 is 0 Å². The van der Waals surface area contributed by atoms with Crippen LogP contribution in [0.4, 0.5) is 0 Å². The summed E-state index contributed by atoms with van der Waals surface area (Å²) >= 11 is 0.381. The number of hydrogen-bond acceptors (Lipinski definition) is 15. The maximum absolute atomic E-state index is 15.0. The molecule has 0 saturated carbocycles. The van der Waals surface area contributed by atoms with Crippen LogP contribution in [0.1, 0.15) is 81.0 Å². The summed E-state index contributed by atoms with van der Waals surface area (Å²) in [4.78, 5) is 83.9. The van der Waals surface area contributed by atoms with Crippen LogP contribution in [0, 0.1) is 0 Å². The Kier molecular flexibility index (Phi) is 8.31. The van der Waals surface area contributed by atoms with Crippen molar-refractivity contribution in [1.82, 2.24) is 0 Å². The van der Waals surface area contributed by atoms with Crippen LogP contribution in [-0.4, -0.2) is 115 Å². The summed E-state index contributed by atoms with van der Waals surface area (Å²) in [6, 6.07) is 7.44. The van der Waals surface area contributed by atoms with Crippen molar-refractivity contribution in [3.05, 3.63) is 58.7 Å². The van der Waals surface area contributed by atoms with Crippen LogP contribution in [0.5, 0.6) is 11.5 Å². The highest BCUT2D eigenvalue weighted by Crippen LogP contribution is 2.64. The number of fused-ring (bicyclic) bond motifs is 4. The molecule has 2 aliphatic carbocycles. The maximum atomic E-state index is 15.0. The molecule has 2 aromatic rings. The molecule has 2 aliphatic heterocycles. The van der Waals surface area contributed by atoms with Gasteiger partial charge in [-0.3, -0.25) is 28.8 Å². The Morgan fingerprint density at radius 2 is 1.08 bits per heavy atom. The summed E-state index contributed by atoms with van der Waals surface area (Å²) in [7, 11) is 2.26. The van der Waals surface area contributed by atoms with Crippen molar-refractivity contribution in [3.8, 4) is 11.5 Å². The molecule has 0 bridgehead atoms. The number of ether oxygens (including phenoxy) is 4. The highest BCUT2D eigenvalue weighted by atomic mass is 32.2. The molecule has 0 spiro atoms. The fourth-order valence-corrected chi connectivity index (χ4v) is 10.3. The molecule has 4 N–H and O–H groups in total. The fraction of sp³-hybridized carbons (Fsp3) is 0.471. The van der Waals surface area contributed by atoms with Gasteiger partial charge < -0.3 is 39.4 Å². The van der Waals surface area contributed by atoms with Crippen molar-refractivity contribution in [2.45, 2.75) is 84.6 Å². The van der Waals surface area contributed by atoms with Gasteiger partial charge in [-0.1, -0.05) is 24.3 Å². The Bertz CT molecular complexity index is 1690. The van der Waals surface area contributed by atoms with Gasteiger partial charge in [0, 0.05) is 11.1 Å². The second-order valence-corrected chi connectivity index (χ2v) is 14.4. The number of benzene rings is 2. The number of thioether (sulfide) groups is 1. The van der Waals surface area contributed by atoms with Crippen molar-refractivity contribution in [2.24, 2.45) is 0 Å². The van der Waals surface area contributed by atoms with Crippen LogP contribution in [0.3, 0.4) is 0 Å². The minimum atomic E-state index is -2.86. The van der Waals surface area contributed by atoms with Gasteiger partial charge >= 0.3 is 11.9 Å². The van der Waals surface area contributed by atoms with Crippen LogP contribution in [0.2, 0.25) is 0 Å². The molecule has 2 aromatic carbocycles. The maximum Gasteiger partial charge on any atom is 0.308 e. The van der Waals surface area contributed by atoms with Gasteiger partial charge in [-0.15, -0.1) is 11.8 Å². The Morgan fingerprint density at radius 1 is 0.714 bits per heavy atom. The average Bonchev–Trinajstić information content (AvgIpc) is 3.06. The van der Waals surface area contributed by atoms with Crippen LogP contribution >= 0.6 is 11.8 Å². The van der Waals surface area contributed by atoms with E-state index in [2.05, 4.69) is 0 Å². The van der Waals surface area contributed by atoms with Crippen molar-refractivity contribution in [3.63, 3.8) is 0 Å². The summed E-state index contributed by atoms with van der Waals surface area (Å²) in [6.45, 7) is 2.57. The number of carbonyl (C=O) groups excluding carboxylic acids is 6. The third-order valence-corrected chi connectivity index (χ3v) is 12.3. The van der Waals surface area contributed by atoms with Crippen LogP contribution in [0.25, 0.3) is 0 Å². The average molecular weight is 699 g/mol. The van der Waals surface area contributed by atoms with Gasteiger partial charge in [0.15, 0.2) is 22.8 Å². The van der Waals surface area contributed by atoms with Crippen LogP contribution in [-0.2, 0) is 28.5 Å². The molecule has 260 valence electrons. The smallest absolute Gasteiger partial charge is 0.308 e. The normalized spacial score (nSPS) is 35.1. The summed E-state index contributed by atoms with van der Waals surface area (Å²) in [6.07, 6.45) is -7.60. The van der Waals surface area contributed by atoms with Crippen molar-refractivity contribution in [1.29, 1.82) is 0 Å². The third-order valence-electron chi connectivity index (χ3n) is 10.3. The summed E-state index contributed by atoms with van der Waals surface area (Å²) in [5.74, 6) is -6.87. The first-order chi connectivity index (χ1) is 23.0. The second-order valence-electron chi connectivity index (χ2n) is 12.8. The number of rotatable bonds is 6. The van der Waals surface area contributed by atoms with E-state index in [9.17, 15) is 39.6 Å². The molecule has 0 aromatic heterocycles. The second kappa shape index (κ2) is 11.7. The predicted molar refractivity (Wildman–Crippen MR) is 168 cm³/mol. The molecule has 0 amide bonds. The molecule has 14 nitrogen and oxygen atoms in total. The quantitative estimate of drug-likeness (QED) is 0.316. The van der Waals surface area contributed by atoms with E-state index in [4.69, 9.17) is 18.9 Å². The number of methoxy groups -OCH3 is 2. The minimum absolute atomic E-state index is 0.313. The van der Waals surface area contributed by atoms with Crippen LogP contribution in [0.15, 0.2) is 36.4 Å². The number of phenols is 2. The lowest BCUT2D eigenvalue weighted by atomic mass is 9.63. The molecule has 0 radical (unpaired) electrons. The van der Waals surface area contributed by atoms with Gasteiger partial charge in [0.05, 0.1) is 62.6 Å². The SMILES string of the molecule is COC(=O)C[C@@H]1C[C@]2(S[C@]34C[C@@H](CC(=O)OC)O[C@H](C)[C@]3(O)C(=O)c3c(O)cccc3C4=O)C(=O)c3cccc(O)c3C(=O)[C@@]2(O)[C@@H](C)O1. The molecule has 2 fully saturated rings. The van der Waals surface area contributed by atoms with E-state index in [1.165, 1.54) is 38.1 Å². The van der Waals surface area contributed by atoms with E-state index < -0.39 is 128 Å². The molecular weight excluding hydrogens is 664 g/mol. The van der Waals surface area contributed by atoms with Gasteiger partial charge in [0.2, 0.25) is 11.6 Å². The van der Waals surface area contributed by atoms with Gasteiger partial charge in [-0.2, -0.15) is 0 Å². The zero-order valence-electron chi connectivity index (χ0n) is 26.9. The van der Waals surface area contributed by atoms with Gasteiger partial charge in [-0.25, -0.2) is 0 Å². The molecule has 49 heavy (non-hydrogen) atoms. The Hall–Kier alpha value is -4.15. The highest BCUT2D eigenvalue weighted by Gasteiger charge is 2.78. The summed E-state index contributed by atoms with van der Waals surface area (Å²) in [5.41, 5.74) is -7.33. The summed E-state index contributed by atoms with van der Waals surface area (Å²) < 4.78 is 16.6. The topological polar surface area (TPSA) is 220 Å². The van der Waals surface area contributed by atoms with Crippen molar-refractivity contribution in [2.75, 3.05) is 14.2 Å². The fourth-order valence-electron chi connectivity index (χ4n) is 7.91. The number of ketones is 4. The van der Waals surface area contributed by atoms with E-state index >= 15 is 9.59 Å². The molecule has 2 heterocycles. The number of Topliss-reactive ketones (excluding diaryl/α,β-unsaturated/α-hetero) is 4. The first-order valence-corrected chi connectivity index (χ1v) is 16.3. The molecule has 2 saturated heterocycles. The van der Waals surface area contributed by atoms with E-state index in [0.717, 1.165) is 26.4 Å². The molecule has 6 rings (SSSR count). The Morgan fingerprint density at radius 3 is 1.43 bits per heavy atom. The number of carbonyl (C=O) groups is 6. The third kappa shape index (κ3) is 4.55.